The topological polar surface area (TPSA) is 67.9 Å². The zero-order valence-corrected chi connectivity index (χ0v) is 19.9. The summed E-state index contributed by atoms with van der Waals surface area (Å²) in [5.74, 6) is -0.300. The highest BCUT2D eigenvalue weighted by Crippen LogP contribution is 2.33. The zero-order valence-electron chi connectivity index (χ0n) is 18.3. The Morgan fingerprint density at radius 1 is 1.21 bits per heavy atom. The molecule has 0 unspecified atom stereocenters. The number of benzene rings is 1. The van der Waals surface area contributed by atoms with E-state index in [1.54, 1.807) is 0 Å². The van der Waals surface area contributed by atoms with Crippen LogP contribution in [-0.2, 0) is 9.47 Å². The Hall–Kier alpha value is -1.76. The Labute approximate surface area is 182 Å². The van der Waals surface area contributed by atoms with E-state index in [1.807, 2.05) is 46.8 Å². The van der Waals surface area contributed by atoms with E-state index in [2.05, 4.69) is 33.2 Å². The van der Waals surface area contributed by atoms with Crippen LogP contribution in [0.4, 0.5) is 10.5 Å². The summed E-state index contributed by atoms with van der Waals surface area (Å²) in [4.78, 5) is 26.6. The van der Waals surface area contributed by atoms with Gasteiger partial charge in [0.25, 0.3) is 0 Å². The van der Waals surface area contributed by atoms with Gasteiger partial charge in [-0.3, -0.25) is 0 Å². The summed E-state index contributed by atoms with van der Waals surface area (Å²) in [5, 5.41) is 2.98. The highest BCUT2D eigenvalue weighted by Gasteiger charge is 2.28. The number of anilines is 1. The Kier molecular flexibility index (Phi) is 7.97. The molecule has 1 N–H and O–H groups in total. The summed E-state index contributed by atoms with van der Waals surface area (Å²) in [6.07, 6.45) is 3.35. The lowest BCUT2D eigenvalue weighted by atomic mass is 9.89. The minimum atomic E-state index is -0.490. The number of ether oxygens (including phenoxy) is 2. The van der Waals surface area contributed by atoms with Crippen LogP contribution in [0.15, 0.2) is 16.6 Å². The quantitative estimate of drug-likeness (QED) is 0.600. The van der Waals surface area contributed by atoms with E-state index in [0.29, 0.717) is 18.2 Å². The summed E-state index contributed by atoms with van der Waals surface area (Å²) < 4.78 is 11.4. The molecule has 0 spiro atoms. The molecule has 1 aromatic carbocycles. The molecule has 2 rings (SSSR count). The fourth-order valence-electron chi connectivity index (χ4n) is 3.73. The Balaban J connectivity index is 2.03. The van der Waals surface area contributed by atoms with Crippen LogP contribution in [0.5, 0.6) is 0 Å². The SMILES string of the molecule is CCOC(=O)c1cc(Br)cc(N(C)C2CCC(NC(=O)OC(C)(C)C)CC2)c1C. The molecule has 1 aliphatic rings. The van der Waals surface area contributed by atoms with Crippen molar-refractivity contribution in [1.29, 1.82) is 0 Å². The Morgan fingerprint density at radius 2 is 1.83 bits per heavy atom. The third kappa shape index (κ3) is 6.63. The van der Waals surface area contributed by atoms with E-state index in [9.17, 15) is 9.59 Å². The highest BCUT2D eigenvalue weighted by atomic mass is 79.9. The molecule has 1 saturated carbocycles. The second-order valence-electron chi connectivity index (χ2n) is 8.58. The van der Waals surface area contributed by atoms with Gasteiger partial charge in [-0.1, -0.05) is 15.9 Å². The van der Waals surface area contributed by atoms with Gasteiger partial charge in [-0.05, 0) is 78.0 Å². The predicted octanol–water partition coefficient (Wildman–Crippen LogP) is 5.21. The number of carbonyl (C=O) groups excluding carboxylic acids is 2. The minimum Gasteiger partial charge on any atom is -0.462 e. The molecule has 0 saturated heterocycles. The first-order valence-corrected chi connectivity index (χ1v) is 11.0. The Morgan fingerprint density at radius 3 is 2.38 bits per heavy atom. The maximum absolute atomic E-state index is 12.3. The molecule has 0 atom stereocenters. The largest absolute Gasteiger partial charge is 0.462 e. The van der Waals surface area contributed by atoms with Crippen molar-refractivity contribution in [3.63, 3.8) is 0 Å². The summed E-state index contributed by atoms with van der Waals surface area (Å²) >= 11 is 3.52. The maximum atomic E-state index is 12.3. The predicted molar refractivity (Wildman–Crippen MR) is 119 cm³/mol. The number of nitrogens with zero attached hydrogens (tertiary/aromatic N) is 1. The molecule has 0 heterocycles. The van der Waals surface area contributed by atoms with Gasteiger partial charge in [0.15, 0.2) is 0 Å². The second-order valence-corrected chi connectivity index (χ2v) is 9.50. The van der Waals surface area contributed by atoms with E-state index in [0.717, 1.165) is 41.4 Å². The number of amides is 1. The van der Waals surface area contributed by atoms with Gasteiger partial charge in [0, 0.05) is 29.3 Å². The van der Waals surface area contributed by atoms with Crippen molar-refractivity contribution in [2.75, 3.05) is 18.6 Å². The Bertz CT molecular complexity index is 737. The minimum absolute atomic E-state index is 0.133. The van der Waals surface area contributed by atoms with Gasteiger partial charge in [0.1, 0.15) is 5.60 Å². The molecule has 0 aliphatic heterocycles. The van der Waals surface area contributed by atoms with Crippen molar-refractivity contribution in [2.24, 2.45) is 0 Å². The lowest BCUT2D eigenvalue weighted by Gasteiger charge is -2.37. The van der Waals surface area contributed by atoms with Gasteiger partial charge in [-0.2, -0.15) is 0 Å². The average Bonchev–Trinajstić information content (AvgIpc) is 2.62. The van der Waals surface area contributed by atoms with Gasteiger partial charge in [-0.15, -0.1) is 0 Å². The van der Waals surface area contributed by atoms with Crippen LogP contribution in [0.1, 0.15) is 69.3 Å². The first-order valence-electron chi connectivity index (χ1n) is 10.2. The first-order chi connectivity index (χ1) is 13.5. The third-order valence-corrected chi connectivity index (χ3v) is 5.64. The van der Waals surface area contributed by atoms with Gasteiger partial charge in [-0.25, -0.2) is 9.59 Å². The molecule has 7 heteroatoms. The van der Waals surface area contributed by atoms with Crippen LogP contribution < -0.4 is 10.2 Å². The number of halogens is 1. The molecule has 0 bridgehead atoms. The molecular weight excluding hydrogens is 436 g/mol. The number of hydrogen-bond donors (Lipinski definition) is 1. The van der Waals surface area contributed by atoms with Gasteiger partial charge < -0.3 is 19.7 Å². The average molecular weight is 469 g/mol. The van der Waals surface area contributed by atoms with Crippen LogP contribution in [-0.4, -0.2) is 43.4 Å². The molecule has 6 nitrogen and oxygen atoms in total. The van der Waals surface area contributed by atoms with E-state index < -0.39 is 5.60 Å². The van der Waals surface area contributed by atoms with E-state index >= 15 is 0 Å². The van der Waals surface area contributed by atoms with Gasteiger partial charge in [0.05, 0.1) is 12.2 Å². The van der Waals surface area contributed by atoms with Crippen molar-refractivity contribution >= 4 is 33.7 Å². The van der Waals surface area contributed by atoms with Crippen molar-refractivity contribution in [1.82, 2.24) is 5.32 Å². The van der Waals surface area contributed by atoms with E-state index in [-0.39, 0.29) is 18.1 Å². The van der Waals surface area contributed by atoms with Crippen LogP contribution >= 0.6 is 15.9 Å². The number of esters is 1. The van der Waals surface area contributed by atoms with E-state index in [1.165, 1.54) is 0 Å². The monoisotopic (exact) mass is 468 g/mol. The number of nitrogens with one attached hydrogen (secondary N) is 1. The molecule has 1 aliphatic carbocycles. The summed E-state index contributed by atoms with van der Waals surface area (Å²) in [6.45, 7) is 9.71. The van der Waals surface area contributed by atoms with Crippen LogP contribution in [0.3, 0.4) is 0 Å². The van der Waals surface area contributed by atoms with Crippen molar-refractivity contribution in [3.05, 3.63) is 27.7 Å². The van der Waals surface area contributed by atoms with E-state index in [4.69, 9.17) is 9.47 Å². The first kappa shape index (κ1) is 23.5. The molecule has 29 heavy (non-hydrogen) atoms. The van der Waals surface area contributed by atoms with Gasteiger partial charge >= 0.3 is 12.1 Å². The third-order valence-electron chi connectivity index (χ3n) is 5.19. The fraction of sp³-hybridized carbons (Fsp3) is 0.636. The number of alkyl carbamates (subject to hydrolysis) is 1. The molecule has 1 aromatic rings. The van der Waals surface area contributed by atoms with Crippen molar-refractivity contribution in [3.8, 4) is 0 Å². The van der Waals surface area contributed by atoms with Crippen molar-refractivity contribution < 1.29 is 19.1 Å². The lowest BCUT2D eigenvalue weighted by molar-refractivity contribution is 0.0488. The normalized spacial score (nSPS) is 19.4. The molecule has 1 amide bonds. The number of hydrogen-bond acceptors (Lipinski definition) is 5. The van der Waals surface area contributed by atoms with Crippen LogP contribution in [0, 0.1) is 6.92 Å². The molecule has 0 aromatic heterocycles. The summed E-state index contributed by atoms with van der Waals surface area (Å²) in [6, 6.07) is 4.33. The van der Waals surface area contributed by atoms with Gasteiger partial charge in [0.2, 0.25) is 0 Å². The second kappa shape index (κ2) is 9.83. The van der Waals surface area contributed by atoms with Crippen LogP contribution in [0.2, 0.25) is 0 Å². The standard InChI is InChI=1S/C22H33BrN2O4/c1-7-28-20(26)18-12-15(23)13-19(14(18)2)25(6)17-10-8-16(9-11-17)24-21(27)29-22(3,4)5/h12-13,16-17H,7-11H2,1-6H3,(H,24,27). The van der Waals surface area contributed by atoms with Crippen LogP contribution in [0.25, 0.3) is 0 Å². The number of rotatable bonds is 5. The smallest absolute Gasteiger partial charge is 0.407 e. The number of carbonyl (C=O) groups is 2. The summed E-state index contributed by atoms with van der Waals surface area (Å²) in [5.41, 5.74) is 2.04. The zero-order chi connectivity index (χ0) is 21.8. The van der Waals surface area contributed by atoms with Crippen molar-refractivity contribution in [2.45, 2.75) is 78.0 Å². The highest BCUT2D eigenvalue weighted by molar-refractivity contribution is 9.10. The lowest BCUT2D eigenvalue weighted by Crippen LogP contribution is -2.44. The maximum Gasteiger partial charge on any atom is 0.407 e. The molecule has 1 fully saturated rings. The molecular formula is C22H33BrN2O4. The molecule has 0 radical (unpaired) electrons. The molecule has 162 valence electrons. The fourth-order valence-corrected chi connectivity index (χ4v) is 4.18. The summed E-state index contributed by atoms with van der Waals surface area (Å²) in [7, 11) is 2.07.